The Morgan fingerprint density at radius 3 is 2.43 bits per heavy atom. The fraction of sp³-hybridized carbons (Fsp3) is 0.600. The Balaban J connectivity index is 1.52. The molecule has 114 valence electrons. The molecule has 1 aromatic heterocycles. The first kappa shape index (κ1) is 14.6. The number of hydrogen-bond acceptors (Lipinski definition) is 2. The molecule has 2 fully saturated rings. The predicted molar refractivity (Wildman–Crippen MR) is 82.9 cm³/mol. The van der Waals surface area contributed by atoms with Crippen LogP contribution in [0.25, 0.3) is 0 Å². The molecule has 1 aromatic rings. The molecule has 1 aliphatic heterocycles. The van der Waals surface area contributed by atoms with Gasteiger partial charge >= 0.3 is 0 Å². The summed E-state index contributed by atoms with van der Waals surface area (Å²) in [5, 5.41) is 3.08. The lowest BCUT2D eigenvalue weighted by molar-refractivity contribution is -0.133. The van der Waals surface area contributed by atoms with Gasteiger partial charge in [-0.3, -0.25) is 9.59 Å². The van der Waals surface area contributed by atoms with Crippen LogP contribution >= 0.6 is 15.9 Å². The fourth-order valence-corrected chi connectivity index (χ4v) is 3.37. The van der Waals surface area contributed by atoms with Crippen molar-refractivity contribution in [3.05, 3.63) is 22.4 Å². The molecule has 0 unspecified atom stereocenters. The molecule has 1 aliphatic carbocycles. The molecule has 1 N–H and O–H groups in total. The minimum atomic E-state index is -0.0461. The monoisotopic (exact) mass is 353 g/mol. The zero-order valence-corrected chi connectivity index (χ0v) is 13.7. The second kappa shape index (κ2) is 5.83. The Hall–Kier alpha value is -1.30. The smallest absolute Gasteiger partial charge is 0.268 e. The summed E-state index contributed by atoms with van der Waals surface area (Å²) < 4.78 is 2.71. The van der Waals surface area contributed by atoms with Crippen LogP contribution in [0.5, 0.6) is 0 Å². The average Bonchev–Trinajstić information content (AvgIpc) is 3.24. The van der Waals surface area contributed by atoms with Gasteiger partial charge < -0.3 is 14.8 Å². The summed E-state index contributed by atoms with van der Waals surface area (Å²) in [6.45, 7) is 1.52. The minimum Gasteiger partial charge on any atom is -0.348 e. The Morgan fingerprint density at radius 1 is 1.24 bits per heavy atom. The van der Waals surface area contributed by atoms with Gasteiger partial charge in [0.25, 0.3) is 5.91 Å². The van der Waals surface area contributed by atoms with Crippen molar-refractivity contribution >= 4 is 27.7 Å². The van der Waals surface area contributed by atoms with Gasteiger partial charge in [0.15, 0.2) is 0 Å². The predicted octanol–water partition coefficient (Wildman–Crippen LogP) is 1.92. The molecule has 0 spiro atoms. The van der Waals surface area contributed by atoms with Gasteiger partial charge in [0.05, 0.1) is 0 Å². The molecule has 5 nitrogen and oxygen atoms in total. The molecule has 0 aromatic carbocycles. The number of carbonyl (C=O) groups excluding carboxylic acids is 2. The Labute approximate surface area is 132 Å². The molecule has 3 rings (SSSR count). The van der Waals surface area contributed by atoms with Crippen molar-refractivity contribution in [1.29, 1.82) is 0 Å². The van der Waals surface area contributed by atoms with Crippen molar-refractivity contribution in [2.75, 3.05) is 13.1 Å². The quantitative estimate of drug-likeness (QED) is 0.902. The number of carbonyl (C=O) groups is 2. The molecule has 1 saturated heterocycles. The summed E-state index contributed by atoms with van der Waals surface area (Å²) in [7, 11) is 1.86. The summed E-state index contributed by atoms with van der Waals surface area (Å²) in [5.74, 6) is 0.554. The molecular formula is C15H20BrN3O2. The summed E-state index contributed by atoms with van der Waals surface area (Å²) in [6, 6.07) is 1.98. The van der Waals surface area contributed by atoms with Gasteiger partial charge in [-0.1, -0.05) is 0 Å². The van der Waals surface area contributed by atoms with Crippen LogP contribution in [0.15, 0.2) is 16.7 Å². The van der Waals surface area contributed by atoms with E-state index < -0.39 is 0 Å². The highest BCUT2D eigenvalue weighted by Crippen LogP contribution is 2.31. The normalized spacial score (nSPS) is 19.6. The van der Waals surface area contributed by atoms with Crippen molar-refractivity contribution in [1.82, 2.24) is 14.8 Å². The van der Waals surface area contributed by atoms with E-state index in [4.69, 9.17) is 0 Å². The van der Waals surface area contributed by atoms with Gasteiger partial charge in [-0.05, 0) is 47.7 Å². The second-order valence-electron chi connectivity index (χ2n) is 6.00. The highest BCUT2D eigenvalue weighted by Gasteiger charge is 2.35. The maximum atomic E-state index is 12.2. The highest BCUT2D eigenvalue weighted by molar-refractivity contribution is 9.10. The largest absolute Gasteiger partial charge is 0.348 e. The lowest BCUT2D eigenvalue weighted by Gasteiger charge is -2.32. The Kier molecular flexibility index (Phi) is 4.06. The molecule has 2 amide bonds. The first-order chi connectivity index (χ1) is 10.0. The van der Waals surface area contributed by atoms with Crippen molar-refractivity contribution in [2.45, 2.75) is 31.7 Å². The van der Waals surface area contributed by atoms with E-state index in [1.807, 2.05) is 28.8 Å². The molecule has 0 radical (unpaired) electrons. The molecule has 21 heavy (non-hydrogen) atoms. The Bertz CT molecular complexity index is 557. The molecule has 1 saturated carbocycles. The summed E-state index contributed by atoms with van der Waals surface area (Å²) in [4.78, 5) is 26.2. The van der Waals surface area contributed by atoms with Gasteiger partial charge in [-0.15, -0.1) is 0 Å². The van der Waals surface area contributed by atoms with Crippen LogP contribution in [-0.2, 0) is 11.8 Å². The molecule has 6 heteroatoms. The summed E-state index contributed by atoms with van der Waals surface area (Å²) in [6.07, 6.45) is 5.66. The third-order valence-electron chi connectivity index (χ3n) is 4.27. The van der Waals surface area contributed by atoms with Gasteiger partial charge in [0.1, 0.15) is 5.69 Å². The number of nitrogens with zero attached hydrogens (tertiary/aromatic N) is 2. The molecule has 0 atom stereocenters. The fourth-order valence-electron chi connectivity index (χ4n) is 2.84. The lowest BCUT2D eigenvalue weighted by atomic mass is 10.0. The summed E-state index contributed by atoms with van der Waals surface area (Å²) in [5.41, 5.74) is 0.651. The van der Waals surface area contributed by atoms with E-state index in [0.29, 0.717) is 11.6 Å². The second-order valence-corrected chi connectivity index (χ2v) is 6.92. The van der Waals surface area contributed by atoms with E-state index in [-0.39, 0.29) is 17.9 Å². The SMILES string of the molecule is Cn1cc(Br)cc1C(=O)NC1CCN(C(=O)C2CC2)CC1. The lowest BCUT2D eigenvalue weighted by Crippen LogP contribution is -2.47. The van der Waals surface area contributed by atoms with E-state index in [2.05, 4.69) is 21.2 Å². The maximum Gasteiger partial charge on any atom is 0.268 e. The van der Waals surface area contributed by atoms with Crippen LogP contribution in [0.1, 0.15) is 36.2 Å². The standard InChI is InChI=1S/C15H20BrN3O2/c1-18-9-11(16)8-13(18)14(20)17-12-4-6-19(7-5-12)15(21)10-2-3-10/h8-10,12H,2-7H2,1H3,(H,17,20). The van der Waals surface area contributed by atoms with Crippen molar-refractivity contribution in [3.63, 3.8) is 0 Å². The van der Waals surface area contributed by atoms with Gasteiger partial charge in [0.2, 0.25) is 5.91 Å². The molecular weight excluding hydrogens is 334 g/mol. The van der Waals surface area contributed by atoms with Crippen molar-refractivity contribution in [3.8, 4) is 0 Å². The molecule has 0 bridgehead atoms. The van der Waals surface area contributed by atoms with Crippen LogP contribution in [0.4, 0.5) is 0 Å². The third kappa shape index (κ3) is 3.31. The van der Waals surface area contributed by atoms with Crippen LogP contribution in [0.3, 0.4) is 0 Å². The number of likely N-dealkylation sites (tertiary alicyclic amines) is 1. The first-order valence-corrected chi connectivity index (χ1v) is 8.25. The van der Waals surface area contributed by atoms with Gasteiger partial charge in [-0.2, -0.15) is 0 Å². The topological polar surface area (TPSA) is 54.3 Å². The zero-order chi connectivity index (χ0) is 15.0. The van der Waals surface area contributed by atoms with Crippen LogP contribution < -0.4 is 5.32 Å². The summed E-state index contributed by atoms with van der Waals surface area (Å²) >= 11 is 3.37. The Morgan fingerprint density at radius 2 is 1.90 bits per heavy atom. The van der Waals surface area contributed by atoms with E-state index in [1.165, 1.54) is 0 Å². The van der Waals surface area contributed by atoms with Gasteiger partial charge in [-0.25, -0.2) is 0 Å². The van der Waals surface area contributed by atoms with Crippen molar-refractivity contribution < 1.29 is 9.59 Å². The van der Waals surface area contributed by atoms with Crippen LogP contribution in [0, 0.1) is 5.92 Å². The maximum absolute atomic E-state index is 12.2. The van der Waals surface area contributed by atoms with E-state index in [0.717, 1.165) is 43.2 Å². The van der Waals surface area contributed by atoms with E-state index in [9.17, 15) is 9.59 Å². The minimum absolute atomic E-state index is 0.0461. The molecule has 2 heterocycles. The number of hydrogen-bond donors (Lipinski definition) is 1. The van der Waals surface area contributed by atoms with Crippen molar-refractivity contribution in [2.24, 2.45) is 13.0 Å². The third-order valence-corrected chi connectivity index (χ3v) is 4.71. The number of halogens is 1. The first-order valence-electron chi connectivity index (χ1n) is 7.46. The highest BCUT2D eigenvalue weighted by atomic mass is 79.9. The number of piperidine rings is 1. The van der Waals surface area contributed by atoms with E-state index in [1.54, 1.807) is 0 Å². The van der Waals surface area contributed by atoms with Crippen LogP contribution in [-0.4, -0.2) is 40.4 Å². The number of amides is 2. The zero-order valence-electron chi connectivity index (χ0n) is 12.1. The average molecular weight is 354 g/mol. The number of aromatic nitrogens is 1. The number of rotatable bonds is 3. The van der Waals surface area contributed by atoms with E-state index >= 15 is 0 Å². The molecule has 2 aliphatic rings. The van der Waals surface area contributed by atoms with Crippen LogP contribution in [0.2, 0.25) is 0 Å². The number of nitrogens with one attached hydrogen (secondary N) is 1. The number of aryl methyl sites for hydroxylation is 1. The van der Waals surface area contributed by atoms with Gasteiger partial charge in [0, 0.05) is 42.8 Å².